The molecule has 1 aliphatic rings. The van der Waals surface area contributed by atoms with Crippen LogP contribution in [0.4, 0.5) is 0 Å². The summed E-state index contributed by atoms with van der Waals surface area (Å²) in [5.74, 6) is 1.15. The molecule has 45 heavy (non-hydrogen) atoms. The number of carbonyl (C=O) groups excluding carboxylic acids is 1. The number of fused-ring (bicyclic) bond motifs is 1. The van der Waals surface area contributed by atoms with E-state index in [1.54, 1.807) is 62.1 Å². The molecule has 8 nitrogen and oxygen atoms in total. The molecule has 4 aromatic rings. The van der Waals surface area contributed by atoms with Gasteiger partial charge in [0, 0.05) is 5.56 Å². The summed E-state index contributed by atoms with van der Waals surface area (Å²) in [5, 5.41) is 0.937. The molecule has 0 fully saturated rings. The quantitative estimate of drug-likeness (QED) is 0.170. The van der Waals surface area contributed by atoms with Crippen molar-refractivity contribution in [3.05, 3.63) is 118 Å². The Labute approximate surface area is 274 Å². The normalized spacial score (nSPS) is 14.5. The maximum Gasteiger partial charge on any atom is 0.338 e. The second-order valence-electron chi connectivity index (χ2n) is 10.1. The first kappa shape index (κ1) is 32.3. The van der Waals surface area contributed by atoms with Crippen LogP contribution in [0.15, 0.2) is 81.7 Å². The highest BCUT2D eigenvalue weighted by atomic mass is 35.5. The van der Waals surface area contributed by atoms with Gasteiger partial charge in [-0.15, -0.1) is 0 Å². The SMILES string of the molecule is CCCC1=C(C(=O)OCC)[C@H](c2cc(OC)ccc2OC)n2c(s/c(=C/c3cccc(OCc4ccc(Cl)c(Cl)c4)c3)c2=O)=N1. The first-order valence-electron chi connectivity index (χ1n) is 14.4. The zero-order valence-corrected chi connectivity index (χ0v) is 27.6. The van der Waals surface area contributed by atoms with E-state index in [2.05, 4.69) is 0 Å². The van der Waals surface area contributed by atoms with Crippen LogP contribution < -0.4 is 29.1 Å². The van der Waals surface area contributed by atoms with Gasteiger partial charge in [0.1, 0.15) is 29.9 Å². The average Bonchev–Trinajstić information content (AvgIpc) is 3.34. The van der Waals surface area contributed by atoms with Crippen LogP contribution in [-0.4, -0.2) is 31.4 Å². The van der Waals surface area contributed by atoms with Crippen LogP contribution >= 0.6 is 34.5 Å². The molecule has 0 N–H and O–H groups in total. The molecule has 0 bridgehead atoms. The number of rotatable bonds is 11. The number of hydrogen-bond donors (Lipinski definition) is 0. The molecule has 11 heteroatoms. The van der Waals surface area contributed by atoms with Gasteiger partial charge in [-0.25, -0.2) is 9.79 Å². The largest absolute Gasteiger partial charge is 0.497 e. The smallest absolute Gasteiger partial charge is 0.338 e. The van der Waals surface area contributed by atoms with Crippen molar-refractivity contribution in [3.8, 4) is 17.2 Å². The molecule has 0 radical (unpaired) electrons. The minimum absolute atomic E-state index is 0.178. The lowest BCUT2D eigenvalue weighted by Crippen LogP contribution is -2.40. The summed E-state index contributed by atoms with van der Waals surface area (Å²) in [6.07, 6.45) is 3.07. The Hall–Kier alpha value is -4.05. The second-order valence-corrected chi connectivity index (χ2v) is 12.0. The predicted octanol–water partition coefficient (Wildman–Crippen LogP) is 6.48. The van der Waals surface area contributed by atoms with E-state index in [0.717, 1.165) is 17.5 Å². The Balaban J connectivity index is 1.62. The zero-order valence-electron chi connectivity index (χ0n) is 25.3. The van der Waals surface area contributed by atoms with E-state index >= 15 is 0 Å². The Morgan fingerprint density at radius 3 is 2.53 bits per heavy atom. The summed E-state index contributed by atoms with van der Waals surface area (Å²) in [7, 11) is 3.11. The third-order valence-corrected chi connectivity index (χ3v) is 8.89. The summed E-state index contributed by atoms with van der Waals surface area (Å²) >= 11 is 13.4. The van der Waals surface area contributed by atoms with E-state index in [1.165, 1.54) is 11.3 Å². The molecule has 0 saturated heterocycles. The van der Waals surface area contributed by atoms with Crippen molar-refractivity contribution >= 4 is 46.6 Å². The van der Waals surface area contributed by atoms with E-state index < -0.39 is 12.0 Å². The van der Waals surface area contributed by atoms with Crippen molar-refractivity contribution in [3.63, 3.8) is 0 Å². The molecule has 234 valence electrons. The van der Waals surface area contributed by atoms with Gasteiger partial charge in [0.25, 0.3) is 5.56 Å². The number of nitrogens with zero attached hydrogens (tertiary/aromatic N) is 2. The van der Waals surface area contributed by atoms with E-state index in [9.17, 15) is 9.59 Å². The maximum atomic E-state index is 14.2. The Morgan fingerprint density at radius 1 is 1.00 bits per heavy atom. The summed E-state index contributed by atoms with van der Waals surface area (Å²) in [5.41, 5.74) is 2.82. The van der Waals surface area contributed by atoms with Crippen molar-refractivity contribution < 1.29 is 23.7 Å². The number of methoxy groups -OCH3 is 2. The number of thiazole rings is 1. The first-order valence-corrected chi connectivity index (χ1v) is 16.0. The summed E-state index contributed by atoms with van der Waals surface area (Å²) < 4.78 is 24.7. The first-order chi connectivity index (χ1) is 21.8. The molecule has 0 saturated carbocycles. The van der Waals surface area contributed by atoms with Gasteiger partial charge in [0.2, 0.25) is 0 Å². The summed E-state index contributed by atoms with van der Waals surface area (Å²) in [6.45, 7) is 4.23. The van der Waals surface area contributed by atoms with E-state index in [0.29, 0.717) is 66.5 Å². The molecule has 0 amide bonds. The number of halogens is 2. The van der Waals surface area contributed by atoms with Gasteiger partial charge in [-0.3, -0.25) is 9.36 Å². The number of aromatic nitrogens is 1. The Kier molecular flexibility index (Phi) is 10.3. The summed E-state index contributed by atoms with van der Waals surface area (Å²) in [4.78, 5) is 33.0. The molecule has 0 spiro atoms. The highest BCUT2D eigenvalue weighted by molar-refractivity contribution is 7.07. The number of benzene rings is 3. The maximum absolute atomic E-state index is 14.2. The molecule has 0 aliphatic carbocycles. The van der Waals surface area contributed by atoms with Gasteiger partial charge >= 0.3 is 5.97 Å². The van der Waals surface area contributed by atoms with Crippen LogP contribution in [0.1, 0.15) is 49.4 Å². The van der Waals surface area contributed by atoms with Crippen LogP contribution in [0.5, 0.6) is 17.2 Å². The third-order valence-electron chi connectivity index (χ3n) is 7.17. The highest BCUT2D eigenvalue weighted by Gasteiger charge is 2.36. The molecular formula is C34H32Cl2N2O6S. The van der Waals surface area contributed by atoms with Gasteiger partial charge in [0.15, 0.2) is 4.80 Å². The van der Waals surface area contributed by atoms with Gasteiger partial charge in [-0.1, -0.05) is 66.1 Å². The number of hydrogen-bond acceptors (Lipinski definition) is 8. The molecule has 1 aromatic heterocycles. The molecular weight excluding hydrogens is 635 g/mol. The Bertz CT molecular complexity index is 1950. The fourth-order valence-corrected chi connectivity index (χ4v) is 6.45. The average molecular weight is 668 g/mol. The number of esters is 1. The van der Waals surface area contributed by atoms with Crippen molar-refractivity contribution in [2.45, 2.75) is 39.3 Å². The second kappa shape index (κ2) is 14.4. The monoisotopic (exact) mass is 666 g/mol. The number of carbonyl (C=O) groups is 1. The van der Waals surface area contributed by atoms with Crippen LogP contribution in [-0.2, 0) is 16.1 Å². The van der Waals surface area contributed by atoms with Crippen LogP contribution in [0.25, 0.3) is 6.08 Å². The molecule has 0 unspecified atom stereocenters. The van der Waals surface area contributed by atoms with Crippen molar-refractivity contribution in [2.75, 3.05) is 20.8 Å². The standard InChI is InChI=1S/C34H32Cl2N2O6S/c1-5-8-27-30(33(40)43-6-2)31(24-18-22(41-3)12-14-28(24)42-4)38-32(39)29(45-34(38)37-27)17-20-9-7-10-23(15-20)44-19-21-11-13-25(35)26(36)16-21/h7,9-18,31H,5-6,8,19H2,1-4H3/b29-17+/t31-/m0/s1. The van der Waals surface area contributed by atoms with Gasteiger partial charge in [0.05, 0.1) is 46.7 Å². The molecule has 1 aliphatic heterocycles. The fourth-order valence-electron chi connectivity index (χ4n) is 5.11. The number of allylic oxidation sites excluding steroid dienone is 1. The van der Waals surface area contributed by atoms with Crippen molar-refractivity contribution in [1.29, 1.82) is 0 Å². The van der Waals surface area contributed by atoms with E-state index in [4.69, 9.17) is 47.1 Å². The minimum Gasteiger partial charge on any atom is -0.497 e. The predicted molar refractivity (Wildman–Crippen MR) is 176 cm³/mol. The lowest BCUT2D eigenvalue weighted by molar-refractivity contribution is -0.139. The Morgan fingerprint density at radius 2 is 1.82 bits per heavy atom. The molecule has 3 aromatic carbocycles. The van der Waals surface area contributed by atoms with Crippen LogP contribution in [0.2, 0.25) is 10.0 Å². The van der Waals surface area contributed by atoms with Gasteiger partial charge in [-0.2, -0.15) is 0 Å². The van der Waals surface area contributed by atoms with Crippen molar-refractivity contribution in [2.24, 2.45) is 4.99 Å². The minimum atomic E-state index is -0.838. The lowest BCUT2D eigenvalue weighted by Gasteiger charge is -2.27. The molecule has 5 rings (SSSR count). The third kappa shape index (κ3) is 6.96. The van der Waals surface area contributed by atoms with Crippen LogP contribution in [0.3, 0.4) is 0 Å². The molecule has 2 heterocycles. The highest BCUT2D eigenvalue weighted by Crippen LogP contribution is 2.38. The fraction of sp³-hybridized carbons (Fsp3) is 0.265. The zero-order chi connectivity index (χ0) is 32.1. The molecule has 1 atom stereocenters. The van der Waals surface area contributed by atoms with Gasteiger partial charge in [-0.05, 0) is 73.0 Å². The van der Waals surface area contributed by atoms with E-state index in [1.807, 2.05) is 37.3 Å². The van der Waals surface area contributed by atoms with Crippen molar-refractivity contribution in [1.82, 2.24) is 4.57 Å². The lowest BCUT2D eigenvalue weighted by atomic mass is 9.93. The summed E-state index contributed by atoms with van der Waals surface area (Å²) in [6, 6.07) is 17.3. The van der Waals surface area contributed by atoms with Gasteiger partial charge < -0.3 is 18.9 Å². The number of ether oxygens (including phenoxy) is 4. The van der Waals surface area contributed by atoms with Crippen LogP contribution in [0, 0.1) is 0 Å². The van der Waals surface area contributed by atoms with E-state index in [-0.39, 0.29) is 12.2 Å². The topological polar surface area (TPSA) is 88.4 Å².